The van der Waals surface area contributed by atoms with Crippen molar-refractivity contribution < 1.29 is 4.92 Å². The highest BCUT2D eigenvalue weighted by atomic mass is 16.6. The molecule has 0 amide bonds. The van der Waals surface area contributed by atoms with Gasteiger partial charge in [0.1, 0.15) is 5.82 Å². The van der Waals surface area contributed by atoms with Gasteiger partial charge in [-0.1, -0.05) is 6.92 Å². The van der Waals surface area contributed by atoms with Crippen molar-refractivity contribution in [1.29, 1.82) is 0 Å². The van der Waals surface area contributed by atoms with Gasteiger partial charge in [-0.2, -0.15) is 0 Å². The van der Waals surface area contributed by atoms with Crippen LogP contribution in [0, 0.1) is 17.0 Å². The van der Waals surface area contributed by atoms with E-state index in [0.717, 1.165) is 26.1 Å². The molecule has 0 unspecified atom stereocenters. The van der Waals surface area contributed by atoms with E-state index >= 15 is 0 Å². The van der Waals surface area contributed by atoms with Crippen molar-refractivity contribution in [3.05, 3.63) is 27.9 Å². The topological polar surface area (TPSA) is 71.3 Å². The Bertz CT molecular complexity index is 446. The summed E-state index contributed by atoms with van der Waals surface area (Å²) in [6, 6.07) is 1.99. The third-order valence-corrected chi connectivity index (χ3v) is 3.22. The molecular formula is C12H18N4O2. The third kappa shape index (κ3) is 2.43. The van der Waals surface area contributed by atoms with Crippen molar-refractivity contribution in [1.82, 2.24) is 10.3 Å². The summed E-state index contributed by atoms with van der Waals surface area (Å²) in [5.74, 6) is 0.709. The Morgan fingerprint density at radius 1 is 1.61 bits per heavy atom. The van der Waals surface area contributed by atoms with E-state index in [1.807, 2.05) is 0 Å². The zero-order valence-corrected chi connectivity index (χ0v) is 10.7. The largest absolute Gasteiger partial charge is 0.351 e. The summed E-state index contributed by atoms with van der Waals surface area (Å²) in [5.41, 5.74) is 0.750. The number of hydrogen-bond acceptors (Lipinski definition) is 5. The van der Waals surface area contributed by atoms with Gasteiger partial charge in [-0.05, 0) is 13.3 Å². The Hall–Kier alpha value is -1.69. The van der Waals surface area contributed by atoms with Crippen LogP contribution in [0.5, 0.6) is 0 Å². The molecule has 0 bridgehead atoms. The lowest BCUT2D eigenvalue weighted by molar-refractivity contribution is -0.385. The molecule has 1 N–H and O–H groups in total. The molecule has 0 atom stereocenters. The highest BCUT2D eigenvalue weighted by molar-refractivity contribution is 5.51. The zero-order valence-electron chi connectivity index (χ0n) is 10.7. The first kappa shape index (κ1) is 12.8. The standard InChI is InChI=1S/C12H18N4O2/c1-3-4-15(10-7-13-8-10)12-5-11(16(17)18)9(2)6-14-12/h5-6,10,13H,3-4,7-8H2,1-2H3. The van der Waals surface area contributed by atoms with Crippen molar-refractivity contribution in [2.45, 2.75) is 26.3 Å². The van der Waals surface area contributed by atoms with Gasteiger partial charge in [-0.3, -0.25) is 10.1 Å². The Labute approximate surface area is 106 Å². The van der Waals surface area contributed by atoms with E-state index in [-0.39, 0.29) is 10.6 Å². The minimum atomic E-state index is -0.344. The SMILES string of the molecule is CCCN(c1cc([N+](=O)[O-])c(C)cn1)C1CNC1. The van der Waals surface area contributed by atoms with E-state index in [1.165, 1.54) is 0 Å². The lowest BCUT2D eigenvalue weighted by Gasteiger charge is -2.38. The van der Waals surface area contributed by atoms with E-state index in [9.17, 15) is 10.1 Å². The average Bonchev–Trinajstić information content (AvgIpc) is 2.26. The van der Waals surface area contributed by atoms with Gasteiger partial charge in [0.25, 0.3) is 5.69 Å². The molecule has 0 radical (unpaired) electrons. The van der Waals surface area contributed by atoms with Crippen LogP contribution in [-0.4, -0.2) is 35.6 Å². The Morgan fingerprint density at radius 3 is 2.83 bits per heavy atom. The van der Waals surface area contributed by atoms with Crippen molar-refractivity contribution in [3.63, 3.8) is 0 Å². The fraction of sp³-hybridized carbons (Fsp3) is 0.583. The molecule has 1 aromatic rings. The normalized spacial score (nSPS) is 15.2. The van der Waals surface area contributed by atoms with Crippen molar-refractivity contribution in [3.8, 4) is 0 Å². The molecule has 0 spiro atoms. The molecule has 1 aromatic heterocycles. The van der Waals surface area contributed by atoms with Crippen molar-refractivity contribution in [2.24, 2.45) is 0 Å². The molecule has 2 heterocycles. The van der Waals surface area contributed by atoms with Gasteiger partial charge >= 0.3 is 0 Å². The van der Waals surface area contributed by atoms with Gasteiger partial charge in [-0.25, -0.2) is 4.98 Å². The molecule has 1 aliphatic rings. The molecule has 0 aliphatic carbocycles. The molecule has 1 saturated heterocycles. The number of nitro groups is 1. The van der Waals surface area contributed by atoms with Crippen LogP contribution in [0.3, 0.4) is 0 Å². The molecule has 0 aromatic carbocycles. The van der Waals surface area contributed by atoms with Crippen molar-refractivity contribution in [2.75, 3.05) is 24.5 Å². The van der Waals surface area contributed by atoms with E-state index in [0.29, 0.717) is 17.4 Å². The van der Waals surface area contributed by atoms with Gasteiger partial charge in [0.2, 0.25) is 0 Å². The van der Waals surface area contributed by atoms with Crippen LogP contribution in [-0.2, 0) is 0 Å². The van der Waals surface area contributed by atoms with Gasteiger partial charge in [0.05, 0.1) is 17.0 Å². The highest BCUT2D eigenvalue weighted by Crippen LogP contribution is 2.24. The van der Waals surface area contributed by atoms with E-state index in [1.54, 1.807) is 19.2 Å². The van der Waals surface area contributed by atoms with E-state index in [4.69, 9.17) is 0 Å². The van der Waals surface area contributed by atoms with Gasteiger partial charge < -0.3 is 10.2 Å². The fourth-order valence-electron chi connectivity index (χ4n) is 2.08. The molecule has 0 saturated carbocycles. The van der Waals surface area contributed by atoms with Gasteiger partial charge in [0, 0.05) is 31.4 Å². The van der Waals surface area contributed by atoms with Crippen LogP contribution in [0.25, 0.3) is 0 Å². The van der Waals surface area contributed by atoms with Gasteiger partial charge in [-0.15, -0.1) is 0 Å². The lowest BCUT2D eigenvalue weighted by Crippen LogP contribution is -2.57. The van der Waals surface area contributed by atoms with Gasteiger partial charge in [0.15, 0.2) is 0 Å². The molecule has 1 aliphatic heterocycles. The number of aryl methyl sites for hydroxylation is 1. The zero-order chi connectivity index (χ0) is 13.1. The number of hydrogen-bond donors (Lipinski definition) is 1. The first-order valence-corrected chi connectivity index (χ1v) is 6.22. The smallest absolute Gasteiger partial charge is 0.277 e. The number of nitrogens with one attached hydrogen (secondary N) is 1. The predicted octanol–water partition coefficient (Wildman–Crippen LogP) is 1.49. The molecule has 18 heavy (non-hydrogen) atoms. The first-order chi connectivity index (χ1) is 8.63. The second-order valence-corrected chi connectivity index (χ2v) is 4.59. The fourth-order valence-corrected chi connectivity index (χ4v) is 2.08. The minimum Gasteiger partial charge on any atom is -0.351 e. The number of nitrogens with zero attached hydrogens (tertiary/aromatic N) is 3. The van der Waals surface area contributed by atoms with Crippen LogP contribution in [0.4, 0.5) is 11.5 Å². The second kappa shape index (κ2) is 5.30. The summed E-state index contributed by atoms with van der Waals surface area (Å²) < 4.78 is 0. The lowest BCUT2D eigenvalue weighted by atomic mass is 10.1. The Balaban J connectivity index is 2.29. The van der Waals surface area contributed by atoms with Crippen LogP contribution < -0.4 is 10.2 Å². The first-order valence-electron chi connectivity index (χ1n) is 6.22. The van der Waals surface area contributed by atoms with Crippen LogP contribution in [0.15, 0.2) is 12.3 Å². The molecular weight excluding hydrogens is 232 g/mol. The van der Waals surface area contributed by atoms with Crippen LogP contribution in [0.1, 0.15) is 18.9 Å². The summed E-state index contributed by atoms with van der Waals surface area (Å²) in [6.07, 6.45) is 2.59. The predicted molar refractivity (Wildman–Crippen MR) is 69.9 cm³/mol. The van der Waals surface area contributed by atoms with Crippen LogP contribution >= 0.6 is 0 Å². The molecule has 98 valence electrons. The third-order valence-electron chi connectivity index (χ3n) is 3.22. The number of anilines is 1. The van der Waals surface area contributed by atoms with Crippen molar-refractivity contribution >= 4 is 11.5 Å². The summed E-state index contributed by atoms with van der Waals surface area (Å²) in [4.78, 5) is 17.1. The number of pyridine rings is 1. The quantitative estimate of drug-likeness (QED) is 0.633. The molecule has 1 fully saturated rings. The average molecular weight is 250 g/mol. The highest BCUT2D eigenvalue weighted by Gasteiger charge is 2.26. The maximum atomic E-state index is 11.0. The monoisotopic (exact) mass is 250 g/mol. The Morgan fingerprint density at radius 2 is 2.33 bits per heavy atom. The molecule has 6 nitrogen and oxygen atoms in total. The number of aromatic nitrogens is 1. The van der Waals surface area contributed by atoms with E-state index in [2.05, 4.69) is 22.1 Å². The summed E-state index contributed by atoms with van der Waals surface area (Å²) in [7, 11) is 0. The Kier molecular flexibility index (Phi) is 3.76. The molecule has 2 rings (SSSR count). The maximum Gasteiger partial charge on any atom is 0.277 e. The van der Waals surface area contributed by atoms with Crippen LogP contribution in [0.2, 0.25) is 0 Å². The number of rotatable bonds is 5. The molecule has 6 heteroatoms. The second-order valence-electron chi connectivity index (χ2n) is 4.59. The maximum absolute atomic E-state index is 11.0. The van der Waals surface area contributed by atoms with E-state index < -0.39 is 0 Å². The summed E-state index contributed by atoms with van der Waals surface area (Å²) in [5, 5.41) is 14.2. The summed E-state index contributed by atoms with van der Waals surface area (Å²) >= 11 is 0. The minimum absolute atomic E-state index is 0.147. The summed E-state index contributed by atoms with van der Waals surface area (Å²) in [6.45, 7) is 6.53.